The van der Waals surface area contributed by atoms with Crippen LogP contribution < -0.4 is 24.3 Å². The van der Waals surface area contributed by atoms with Crippen molar-refractivity contribution in [3.8, 4) is 40.0 Å². The summed E-state index contributed by atoms with van der Waals surface area (Å²) in [4.78, 5) is 17.9. The zero-order valence-electron chi connectivity index (χ0n) is 18.4. The van der Waals surface area contributed by atoms with Crippen molar-refractivity contribution in [1.29, 1.82) is 0 Å². The summed E-state index contributed by atoms with van der Waals surface area (Å²) in [5.41, 5.74) is 1.04. The molecule has 0 aliphatic heterocycles. The summed E-state index contributed by atoms with van der Waals surface area (Å²) in [7, 11) is 4.57. The molecule has 0 radical (unpaired) electrons. The third kappa shape index (κ3) is 3.77. The second kappa shape index (κ2) is 8.64. The van der Waals surface area contributed by atoms with Crippen molar-refractivity contribution in [1.82, 2.24) is 14.6 Å². The van der Waals surface area contributed by atoms with Crippen molar-refractivity contribution in [2.75, 3.05) is 21.3 Å². The fraction of sp³-hybridized carbons (Fsp3) is 0.125. The van der Waals surface area contributed by atoms with E-state index in [1.807, 2.05) is 0 Å². The Morgan fingerprint density at radius 2 is 1.68 bits per heavy atom. The maximum absolute atomic E-state index is 13.2. The van der Waals surface area contributed by atoms with Crippen LogP contribution in [-0.2, 0) is 0 Å². The predicted molar refractivity (Wildman–Crippen MR) is 125 cm³/mol. The van der Waals surface area contributed by atoms with Crippen molar-refractivity contribution in [3.05, 3.63) is 75.0 Å². The highest BCUT2D eigenvalue weighted by atomic mass is 32.1. The van der Waals surface area contributed by atoms with Gasteiger partial charge in [0.05, 0.1) is 21.3 Å². The molecule has 0 amide bonds. The molecule has 172 valence electrons. The van der Waals surface area contributed by atoms with Gasteiger partial charge in [-0.2, -0.15) is 9.50 Å². The minimum Gasteiger partial charge on any atom is -0.493 e. The SMILES string of the molecule is COc1cc(-c2nc3s/c(=C\c4ccc(-c5ccc(F)cc5)o4)c(=O)n3n2)cc(OC)c1OC. The monoisotopic (exact) mass is 479 g/mol. The van der Waals surface area contributed by atoms with Gasteiger partial charge >= 0.3 is 0 Å². The van der Waals surface area contributed by atoms with Crippen LogP contribution in [0, 0.1) is 5.82 Å². The minimum absolute atomic E-state index is 0.314. The largest absolute Gasteiger partial charge is 0.493 e. The lowest BCUT2D eigenvalue weighted by atomic mass is 10.1. The average Bonchev–Trinajstić information content (AvgIpc) is 3.56. The third-order valence-corrected chi connectivity index (χ3v) is 6.09. The molecule has 5 rings (SSSR count). The average molecular weight is 479 g/mol. The van der Waals surface area contributed by atoms with Crippen LogP contribution in [0.25, 0.3) is 33.7 Å². The van der Waals surface area contributed by atoms with Crippen LogP contribution in [0.3, 0.4) is 0 Å². The fourth-order valence-corrected chi connectivity index (χ4v) is 4.38. The van der Waals surface area contributed by atoms with Crippen LogP contribution in [0.15, 0.2) is 57.7 Å². The van der Waals surface area contributed by atoms with E-state index in [2.05, 4.69) is 10.1 Å². The number of hydrogen-bond donors (Lipinski definition) is 0. The molecule has 2 aromatic carbocycles. The Bertz CT molecular complexity index is 1580. The van der Waals surface area contributed by atoms with Gasteiger partial charge in [-0.3, -0.25) is 4.79 Å². The molecule has 0 N–H and O–H groups in total. The molecule has 3 heterocycles. The predicted octanol–water partition coefficient (Wildman–Crippen LogP) is 3.79. The van der Waals surface area contributed by atoms with Gasteiger partial charge in [0.25, 0.3) is 5.56 Å². The Balaban J connectivity index is 1.51. The summed E-state index contributed by atoms with van der Waals surface area (Å²) < 4.78 is 36.7. The maximum atomic E-state index is 13.2. The number of hydrogen-bond acceptors (Lipinski definition) is 8. The zero-order chi connectivity index (χ0) is 23.8. The van der Waals surface area contributed by atoms with Crippen molar-refractivity contribution in [2.45, 2.75) is 0 Å². The molecule has 0 fully saturated rings. The first-order valence-electron chi connectivity index (χ1n) is 10.1. The fourth-order valence-electron chi connectivity index (χ4n) is 3.50. The Labute approximate surface area is 196 Å². The molecule has 34 heavy (non-hydrogen) atoms. The summed E-state index contributed by atoms with van der Waals surface area (Å²) in [5, 5.41) is 4.38. The number of fused-ring (bicyclic) bond motifs is 1. The van der Waals surface area contributed by atoms with Gasteiger partial charge in [0.1, 0.15) is 21.9 Å². The highest BCUT2D eigenvalue weighted by Gasteiger charge is 2.18. The topological polar surface area (TPSA) is 88.1 Å². The van der Waals surface area contributed by atoms with Gasteiger partial charge in [-0.25, -0.2) is 4.39 Å². The molecule has 0 saturated heterocycles. The van der Waals surface area contributed by atoms with E-state index in [1.165, 1.54) is 49.3 Å². The van der Waals surface area contributed by atoms with Gasteiger partial charge in [-0.1, -0.05) is 11.3 Å². The number of ether oxygens (including phenoxy) is 3. The number of rotatable bonds is 6. The normalized spacial score (nSPS) is 11.8. The van der Waals surface area contributed by atoms with E-state index in [4.69, 9.17) is 18.6 Å². The molecule has 0 saturated carbocycles. The van der Waals surface area contributed by atoms with Crippen LogP contribution in [0.1, 0.15) is 5.76 Å². The number of nitrogens with zero attached hydrogens (tertiary/aromatic N) is 3. The van der Waals surface area contributed by atoms with Gasteiger partial charge < -0.3 is 18.6 Å². The lowest BCUT2D eigenvalue weighted by molar-refractivity contribution is 0.324. The minimum atomic E-state index is -0.321. The number of aromatic nitrogens is 3. The molecule has 0 aliphatic rings. The van der Waals surface area contributed by atoms with Gasteiger partial charge in [0.15, 0.2) is 17.3 Å². The van der Waals surface area contributed by atoms with Crippen LogP contribution in [0.5, 0.6) is 17.2 Å². The molecule has 0 unspecified atom stereocenters. The first-order chi connectivity index (χ1) is 16.5. The van der Waals surface area contributed by atoms with Crippen LogP contribution in [0.2, 0.25) is 0 Å². The van der Waals surface area contributed by atoms with Crippen molar-refractivity contribution in [2.24, 2.45) is 0 Å². The molecule has 8 nitrogen and oxygen atoms in total. The molecule has 0 aliphatic carbocycles. The summed E-state index contributed by atoms with van der Waals surface area (Å²) in [6, 6.07) is 12.9. The van der Waals surface area contributed by atoms with E-state index in [0.29, 0.717) is 49.7 Å². The van der Waals surface area contributed by atoms with Crippen molar-refractivity contribution < 1.29 is 23.0 Å². The Morgan fingerprint density at radius 1 is 0.971 bits per heavy atom. The molecule has 0 atom stereocenters. The quantitative estimate of drug-likeness (QED) is 0.366. The number of thiazole rings is 1. The molecule has 3 aromatic heterocycles. The molecule has 0 bridgehead atoms. The van der Waals surface area contributed by atoms with Crippen molar-refractivity contribution >= 4 is 22.4 Å². The highest BCUT2D eigenvalue weighted by molar-refractivity contribution is 7.15. The van der Waals surface area contributed by atoms with E-state index < -0.39 is 0 Å². The van der Waals surface area contributed by atoms with Crippen molar-refractivity contribution in [3.63, 3.8) is 0 Å². The summed E-state index contributed by atoms with van der Waals surface area (Å²) in [6.45, 7) is 0. The lowest BCUT2D eigenvalue weighted by Gasteiger charge is -2.12. The first-order valence-corrected chi connectivity index (χ1v) is 10.9. The number of furan rings is 1. The number of benzene rings is 2. The number of halogens is 1. The standard InChI is InChI=1S/C24H18FN3O5S/c1-30-18-10-14(11-19(31-2)21(18)32-3)22-26-24-28(27-22)23(29)20(34-24)12-16-8-9-17(33-16)13-4-6-15(25)7-5-13/h4-12H,1-3H3/b20-12-. The summed E-state index contributed by atoms with van der Waals surface area (Å²) >= 11 is 1.19. The van der Waals surface area contributed by atoms with Gasteiger partial charge in [0, 0.05) is 17.2 Å². The smallest absolute Gasteiger partial charge is 0.291 e. The van der Waals surface area contributed by atoms with Gasteiger partial charge in [-0.05, 0) is 48.5 Å². The molecule has 5 aromatic rings. The van der Waals surface area contributed by atoms with Gasteiger partial charge in [0.2, 0.25) is 10.7 Å². The summed E-state index contributed by atoms with van der Waals surface area (Å²) in [5.74, 6) is 2.47. The first kappa shape index (κ1) is 21.7. The second-order valence-corrected chi connectivity index (χ2v) is 8.18. The molecular weight excluding hydrogens is 461 g/mol. The van der Waals surface area contributed by atoms with E-state index in [-0.39, 0.29) is 11.4 Å². The van der Waals surface area contributed by atoms with E-state index in [9.17, 15) is 9.18 Å². The molecule has 0 spiro atoms. The van der Waals surface area contributed by atoms with Gasteiger partial charge in [-0.15, -0.1) is 5.10 Å². The Kier molecular flexibility index (Phi) is 5.50. The lowest BCUT2D eigenvalue weighted by Crippen LogP contribution is -2.23. The zero-order valence-corrected chi connectivity index (χ0v) is 19.2. The molecule has 10 heteroatoms. The maximum Gasteiger partial charge on any atom is 0.291 e. The van der Waals surface area contributed by atoms with E-state index in [0.717, 1.165) is 5.56 Å². The number of methoxy groups -OCH3 is 3. The van der Waals surface area contributed by atoms with E-state index >= 15 is 0 Å². The Morgan fingerprint density at radius 3 is 2.29 bits per heavy atom. The van der Waals surface area contributed by atoms with E-state index in [1.54, 1.807) is 42.5 Å². The van der Waals surface area contributed by atoms with Crippen LogP contribution in [0.4, 0.5) is 4.39 Å². The Hall–Kier alpha value is -4.18. The second-order valence-electron chi connectivity index (χ2n) is 7.17. The molecular formula is C24H18FN3O5S. The third-order valence-electron chi connectivity index (χ3n) is 5.13. The summed E-state index contributed by atoms with van der Waals surface area (Å²) in [6.07, 6.45) is 1.63. The van der Waals surface area contributed by atoms with Crippen LogP contribution >= 0.6 is 11.3 Å². The highest BCUT2D eigenvalue weighted by Crippen LogP contribution is 2.40. The van der Waals surface area contributed by atoms with Crippen LogP contribution in [-0.4, -0.2) is 35.9 Å².